The van der Waals surface area contributed by atoms with Crippen molar-refractivity contribution < 1.29 is 9.50 Å². The molecule has 23 heavy (non-hydrogen) atoms. The van der Waals surface area contributed by atoms with Gasteiger partial charge in [-0.05, 0) is 83.9 Å². The van der Waals surface area contributed by atoms with Gasteiger partial charge in [0.2, 0.25) is 0 Å². The zero-order chi connectivity index (χ0) is 16.6. The molecule has 0 amide bonds. The van der Waals surface area contributed by atoms with Crippen molar-refractivity contribution in [1.82, 2.24) is 0 Å². The number of fused-ring (bicyclic) bond motifs is 1. The van der Waals surface area contributed by atoms with Gasteiger partial charge in [0.05, 0.1) is 6.10 Å². The number of rotatable bonds is 3. The minimum atomic E-state index is -0.625. The minimum absolute atomic E-state index is 0.278. The van der Waals surface area contributed by atoms with Crippen molar-refractivity contribution in [2.24, 2.45) is 0 Å². The van der Waals surface area contributed by atoms with E-state index in [0.29, 0.717) is 0 Å². The first-order chi connectivity index (χ1) is 11.0. The van der Waals surface area contributed by atoms with Crippen molar-refractivity contribution in [3.05, 3.63) is 70.5 Å². The summed E-state index contributed by atoms with van der Waals surface area (Å²) in [5.74, 6) is -0.278. The Morgan fingerprint density at radius 1 is 1.09 bits per heavy atom. The topological polar surface area (TPSA) is 20.2 Å². The van der Waals surface area contributed by atoms with E-state index in [0.717, 1.165) is 33.4 Å². The van der Waals surface area contributed by atoms with Crippen LogP contribution in [-0.2, 0) is 0 Å². The molecule has 1 N–H and O–H groups in total. The van der Waals surface area contributed by atoms with E-state index >= 15 is 0 Å². The van der Waals surface area contributed by atoms with Crippen LogP contribution in [0.3, 0.4) is 0 Å². The van der Waals surface area contributed by atoms with E-state index in [2.05, 4.69) is 36.6 Å². The average Bonchev–Trinajstić information content (AvgIpc) is 2.79. The summed E-state index contributed by atoms with van der Waals surface area (Å²) in [5, 5.41) is 10.1. The van der Waals surface area contributed by atoms with Gasteiger partial charge in [-0.2, -0.15) is 0 Å². The summed E-state index contributed by atoms with van der Waals surface area (Å²) < 4.78 is 13.6. The maximum Gasteiger partial charge on any atom is 0.123 e. The van der Waals surface area contributed by atoms with Gasteiger partial charge in [-0.1, -0.05) is 18.2 Å². The lowest BCUT2D eigenvalue weighted by Gasteiger charge is -2.09. The summed E-state index contributed by atoms with van der Waals surface area (Å²) in [6, 6.07) is 13.1. The van der Waals surface area contributed by atoms with Crippen molar-refractivity contribution >= 4 is 29.0 Å². The molecular weight excluding hydrogens is 307 g/mol. The Hall–Kier alpha value is -1.84. The van der Waals surface area contributed by atoms with Crippen LogP contribution < -0.4 is 0 Å². The lowest BCUT2D eigenvalue weighted by molar-refractivity contribution is 0.253. The van der Waals surface area contributed by atoms with Crippen LogP contribution in [-0.4, -0.2) is 17.5 Å². The molecule has 1 aliphatic rings. The number of hydrogen-bond acceptors (Lipinski definition) is 2. The number of allylic oxidation sites excluding steroid dienone is 2. The number of aliphatic hydroxyl groups excluding tert-OH is 1. The predicted molar refractivity (Wildman–Crippen MR) is 96.8 cm³/mol. The molecule has 0 spiro atoms. The van der Waals surface area contributed by atoms with Gasteiger partial charge in [-0.3, -0.25) is 0 Å². The van der Waals surface area contributed by atoms with E-state index in [-0.39, 0.29) is 5.82 Å². The molecule has 1 atom stereocenters. The fourth-order valence-electron chi connectivity index (χ4n) is 3.11. The summed E-state index contributed by atoms with van der Waals surface area (Å²) in [6.45, 7) is 3.71. The van der Waals surface area contributed by atoms with Crippen LogP contribution in [0.2, 0.25) is 0 Å². The largest absolute Gasteiger partial charge is 0.389 e. The lowest BCUT2D eigenvalue weighted by Crippen LogP contribution is -2.03. The molecule has 3 heteroatoms. The second-order valence-corrected chi connectivity index (χ2v) is 6.62. The highest BCUT2D eigenvalue weighted by Gasteiger charge is 2.26. The molecule has 0 aliphatic heterocycles. The summed E-state index contributed by atoms with van der Waals surface area (Å²) in [4.78, 5) is 1.22. The molecule has 3 rings (SSSR count). The van der Waals surface area contributed by atoms with Gasteiger partial charge < -0.3 is 5.11 Å². The first-order valence-corrected chi connectivity index (χ1v) is 8.79. The normalized spacial score (nSPS) is 16.8. The molecule has 0 heterocycles. The number of thioether (sulfide) groups is 1. The van der Waals surface area contributed by atoms with Crippen LogP contribution in [0.5, 0.6) is 0 Å². The second kappa shape index (κ2) is 6.34. The van der Waals surface area contributed by atoms with Crippen LogP contribution in [0.4, 0.5) is 4.39 Å². The molecule has 0 saturated heterocycles. The molecule has 0 aromatic heterocycles. The van der Waals surface area contributed by atoms with E-state index in [4.69, 9.17) is 0 Å². The minimum Gasteiger partial charge on any atom is -0.389 e. The third-order valence-electron chi connectivity index (χ3n) is 4.21. The van der Waals surface area contributed by atoms with Gasteiger partial charge in [0.15, 0.2) is 0 Å². The molecule has 2 aromatic rings. The zero-order valence-electron chi connectivity index (χ0n) is 13.4. The molecule has 0 bridgehead atoms. The van der Waals surface area contributed by atoms with Crippen LogP contribution >= 0.6 is 11.8 Å². The van der Waals surface area contributed by atoms with Crippen LogP contribution in [0.1, 0.15) is 30.5 Å². The van der Waals surface area contributed by atoms with Crippen molar-refractivity contribution in [3.63, 3.8) is 0 Å². The molecule has 0 fully saturated rings. The van der Waals surface area contributed by atoms with Crippen LogP contribution in [0.15, 0.2) is 52.9 Å². The van der Waals surface area contributed by atoms with E-state index in [1.54, 1.807) is 24.8 Å². The quantitative estimate of drug-likeness (QED) is 0.777. The van der Waals surface area contributed by atoms with E-state index in [9.17, 15) is 9.50 Å². The van der Waals surface area contributed by atoms with Crippen molar-refractivity contribution in [2.75, 3.05) is 6.26 Å². The van der Waals surface area contributed by atoms with Gasteiger partial charge in [0.25, 0.3) is 0 Å². The monoisotopic (exact) mass is 326 g/mol. The van der Waals surface area contributed by atoms with E-state index in [1.807, 2.05) is 6.92 Å². The first kappa shape index (κ1) is 16.0. The molecule has 1 nitrogen and oxygen atoms in total. The summed E-state index contributed by atoms with van der Waals surface area (Å²) in [5.41, 5.74) is 5.74. The fraction of sp³-hybridized carbons (Fsp3) is 0.200. The highest BCUT2D eigenvalue weighted by Crippen LogP contribution is 2.43. The standard InChI is InChI=1S/C20H19FOS/c1-12-18(10-14-4-7-16(23-3)8-5-14)17-9-6-15(21)11-19(17)20(12)13(2)22/h4-11,13,22H,1-3H3. The Morgan fingerprint density at radius 2 is 1.78 bits per heavy atom. The summed E-state index contributed by atoms with van der Waals surface area (Å²) >= 11 is 1.71. The summed E-state index contributed by atoms with van der Waals surface area (Å²) in [7, 11) is 0. The summed E-state index contributed by atoms with van der Waals surface area (Å²) in [6.07, 6.45) is 3.53. The van der Waals surface area contributed by atoms with Crippen LogP contribution in [0, 0.1) is 5.82 Å². The lowest BCUT2D eigenvalue weighted by atomic mass is 10.0. The van der Waals surface area contributed by atoms with E-state index in [1.165, 1.54) is 17.0 Å². The number of benzene rings is 2. The fourth-order valence-corrected chi connectivity index (χ4v) is 3.52. The Morgan fingerprint density at radius 3 is 2.39 bits per heavy atom. The smallest absolute Gasteiger partial charge is 0.123 e. The van der Waals surface area contributed by atoms with Crippen LogP contribution in [0.25, 0.3) is 17.2 Å². The first-order valence-electron chi connectivity index (χ1n) is 7.56. The Labute approximate surface area is 140 Å². The number of hydrogen-bond donors (Lipinski definition) is 1. The molecular formula is C20H19FOS. The molecule has 1 unspecified atom stereocenters. The SMILES string of the molecule is CSc1ccc(C=C2C(C)=C(C(C)O)c3cc(F)ccc32)cc1. The highest BCUT2D eigenvalue weighted by atomic mass is 32.2. The Balaban J connectivity index is 2.13. The van der Waals surface area contributed by atoms with Gasteiger partial charge in [-0.25, -0.2) is 4.39 Å². The van der Waals surface area contributed by atoms with Crippen molar-refractivity contribution in [2.45, 2.75) is 24.8 Å². The molecule has 0 radical (unpaired) electrons. The van der Waals surface area contributed by atoms with E-state index < -0.39 is 6.10 Å². The number of halogens is 1. The second-order valence-electron chi connectivity index (χ2n) is 5.74. The molecule has 1 aliphatic carbocycles. The average molecular weight is 326 g/mol. The van der Waals surface area contributed by atoms with Gasteiger partial charge in [0.1, 0.15) is 5.82 Å². The Kier molecular flexibility index (Phi) is 4.42. The Bertz CT molecular complexity index is 801. The predicted octanol–water partition coefficient (Wildman–Crippen LogP) is 5.26. The number of aliphatic hydroxyl groups is 1. The third kappa shape index (κ3) is 2.99. The molecule has 0 saturated carbocycles. The van der Waals surface area contributed by atoms with Gasteiger partial charge in [0, 0.05) is 4.90 Å². The molecule has 2 aromatic carbocycles. The van der Waals surface area contributed by atoms with Crippen molar-refractivity contribution in [3.8, 4) is 0 Å². The maximum absolute atomic E-state index is 13.6. The van der Waals surface area contributed by atoms with Crippen molar-refractivity contribution in [1.29, 1.82) is 0 Å². The van der Waals surface area contributed by atoms with Gasteiger partial charge >= 0.3 is 0 Å². The maximum atomic E-state index is 13.6. The van der Waals surface area contributed by atoms with Gasteiger partial charge in [-0.15, -0.1) is 11.8 Å². The molecule has 118 valence electrons. The highest BCUT2D eigenvalue weighted by molar-refractivity contribution is 7.98. The third-order valence-corrected chi connectivity index (χ3v) is 4.96. The zero-order valence-corrected chi connectivity index (χ0v) is 14.2.